The Bertz CT molecular complexity index is 856. The molecule has 1 heterocycles. The van der Waals surface area contributed by atoms with Gasteiger partial charge in [0.15, 0.2) is 11.5 Å². The number of carbonyl (C=O) groups excluding carboxylic acids is 2. The van der Waals surface area contributed by atoms with Crippen LogP contribution in [0.15, 0.2) is 42.5 Å². The van der Waals surface area contributed by atoms with Crippen LogP contribution >= 0.6 is 11.6 Å². The Morgan fingerprint density at radius 1 is 1.19 bits per heavy atom. The molecule has 1 unspecified atom stereocenters. The van der Waals surface area contributed by atoms with Gasteiger partial charge in [-0.15, -0.1) is 0 Å². The molecule has 0 aliphatic carbocycles. The molecule has 1 fully saturated rings. The Morgan fingerprint density at radius 2 is 1.96 bits per heavy atom. The molecule has 3 rings (SSSR count). The van der Waals surface area contributed by atoms with Crippen molar-refractivity contribution in [1.29, 1.82) is 0 Å². The summed E-state index contributed by atoms with van der Waals surface area (Å²) in [5, 5.41) is 3.38. The van der Waals surface area contributed by atoms with Crippen LogP contribution in [0.5, 0.6) is 11.5 Å². The lowest BCUT2D eigenvalue weighted by atomic mass is 10.1. The minimum Gasteiger partial charge on any atom is -0.493 e. The van der Waals surface area contributed by atoms with Gasteiger partial charge in [-0.25, -0.2) is 0 Å². The topological polar surface area (TPSA) is 67.9 Å². The van der Waals surface area contributed by atoms with Crippen LogP contribution in [0.4, 0.5) is 5.69 Å². The summed E-state index contributed by atoms with van der Waals surface area (Å²) >= 11 is 6.18. The zero-order valence-corrected chi connectivity index (χ0v) is 16.0. The highest BCUT2D eigenvalue weighted by Crippen LogP contribution is 2.32. The van der Waals surface area contributed by atoms with Gasteiger partial charge >= 0.3 is 0 Å². The van der Waals surface area contributed by atoms with E-state index in [1.807, 2.05) is 18.2 Å². The van der Waals surface area contributed by atoms with E-state index < -0.39 is 5.92 Å². The average molecular weight is 389 g/mol. The molecule has 0 bridgehead atoms. The molecule has 2 aromatic rings. The summed E-state index contributed by atoms with van der Waals surface area (Å²) in [5.41, 5.74) is 1.44. The number of carbonyl (C=O) groups is 2. The number of para-hydroxylation sites is 2. The Morgan fingerprint density at radius 3 is 2.67 bits per heavy atom. The summed E-state index contributed by atoms with van der Waals surface area (Å²) in [6.07, 6.45) is 0.159. The molecular formula is C20H21ClN2O4. The van der Waals surface area contributed by atoms with E-state index in [9.17, 15) is 9.59 Å². The van der Waals surface area contributed by atoms with Gasteiger partial charge in [0, 0.05) is 25.1 Å². The van der Waals surface area contributed by atoms with Crippen LogP contribution in [-0.2, 0) is 16.1 Å². The predicted octanol–water partition coefficient (Wildman–Crippen LogP) is 3.03. The van der Waals surface area contributed by atoms with Crippen molar-refractivity contribution in [2.45, 2.75) is 13.0 Å². The van der Waals surface area contributed by atoms with Gasteiger partial charge in [-0.2, -0.15) is 0 Å². The molecule has 1 saturated heterocycles. The third-order valence-electron chi connectivity index (χ3n) is 4.58. The number of hydrogen-bond acceptors (Lipinski definition) is 4. The lowest BCUT2D eigenvalue weighted by molar-refractivity contribution is -0.126. The van der Waals surface area contributed by atoms with Crippen molar-refractivity contribution < 1.29 is 19.1 Å². The first-order valence-corrected chi connectivity index (χ1v) is 8.95. The van der Waals surface area contributed by atoms with E-state index >= 15 is 0 Å². The van der Waals surface area contributed by atoms with Crippen LogP contribution < -0.4 is 19.7 Å². The Kier molecular flexibility index (Phi) is 5.86. The maximum Gasteiger partial charge on any atom is 0.227 e. The van der Waals surface area contributed by atoms with Gasteiger partial charge < -0.3 is 19.7 Å². The molecule has 0 radical (unpaired) electrons. The predicted molar refractivity (Wildman–Crippen MR) is 103 cm³/mol. The summed E-state index contributed by atoms with van der Waals surface area (Å²) in [6, 6.07) is 12.6. The van der Waals surface area contributed by atoms with E-state index in [4.69, 9.17) is 21.1 Å². The fraction of sp³-hybridized carbons (Fsp3) is 0.300. The van der Waals surface area contributed by atoms with Crippen LogP contribution in [0.2, 0.25) is 5.02 Å². The standard InChI is InChI=1S/C20H21ClN2O4/c1-26-17-9-5-6-13(19(17)27-2)11-22-20(25)14-10-18(24)23(12-14)16-8-4-3-7-15(16)21/h3-9,14H,10-12H2,1-2H3,(H,22,25). The number of methoxy groups -OCH3 is 2. The third kappa shape index (κ3) is 4.01. The highest BCUT2D eigenvalue weighted by molar-refractivity contribution is 6.33. The second kappa shape index (κ2) is 8.31. The van der Waals surface area contributed by atoms with E-state index in [1.54, 1.807) is 43.4 Å². The van der Waals surface area contributed by atoms with E-state index in [0.29, 0.717) is 28.8 Å². The Balaban J connectivity index is 1.66. The number of hydrogen-bond donors (Lipinski definition) is 1. The van der Waals surface area contributed by atoms with Crippen LogP contribution in [0.1, 0.15) is 12.0 Å². The fourth-order valence-electron chi connectivity index (χ4n) is 3.21. The van der Waals surface area contributed by atoms with E-state index in [2.05, 4.69) is 5.32 Å². The van der Waals surface area contributed by atoms with Crippen molar-refractivity contribution in [1.82, 2.24) is 5.32 Å². The van der Waals surface area contributed by atoms with E-state index in [1.165, 1.54) is 0 Å². The summed E-state index contributed by atoms with van der Waals surface area (Å²) in [7, 11) is 3.12. The second-order valence-corrected chi connectivity index (χ2v) is 6.63. The van der Waals surface area contributed by atoms with Gasteiger partial charge in [-0.05, 0) is 18.2 Å². The number of halogens is 1. The molecule has 142 valence electrons. The molecule has 0 aromatic heterocycles. The first kappa shape index (κ1) is 19.0. The Hall–Kier alpha value is -2.73. The highest BCUT2D eigenvalue weighted by atomic mass is 35.5. The summed E-state index contributed by atoms with van der Waals surface area (Å²) in [4.78, 5) is 26.5. The van der Waals surface area contributed by atoms with Gasteiger partial charge in [-0.3, -0.25) is 9.59 Å². The quantitative estimate of drug-likeness (QED) is 0.826. The number of amides is 2. The summed E-state index contributed by atoms with van der Waals surface area (Å²) < 4.78 is 10.6. The molecular weight excluding hydrogens is 368 g/mol. The number of nitrogens with zero attached hydrogens (tertiary/aromatic N) is 1. The first-order valence-electron chi connectivity index (χ1n) is 8.57. The molecule has 0 saturated carbocycles. The Labute approximate surface area is 163 Å². The highest BCUT2D eigenvalue weighted by Gasteiger charge is 2.35. The van der Waals surface area contributed by atoms with E-state index in [0.717, 1.165) is 5.56 Å². The molecule has 0 spiro atoms. The number of benzene rings is 2. The zero-order chi connectivity index (χ0) is 19.4. The molecule has 27 heavy (non-hydrogen) atoms. The van der Waals surface area contributed by atoms with Crippen molar-refractivity contribution in [2.75, 3.05) is 25.7 Å². The molecule has 1 N–H and O–H groups in total. The zero-order valence-electron chi connectivity index (χ0n) is 15.2. The van der Waals surface area contributed by atoms with Crippen molar-refractivity contribution in [2.24, 2.45) is 5.92 Å². The summed E-state index contributed by atoms with van der Waals surface area (Å²) in [5.74, 6) is 0.473. The van der Waals surface area contributed by atoms with Crippen molar-refractivity contribution in [3.05, 3.63) is 53.1 Å². The minimum atomic E-state index is -0.426. The molecule has 6 nitrogen and oxygen atoms in total. The summed E-state index contributed by atoms with van der Waals surface area (Å²) in [6.45, 7) is 0.597. The van der Waals surface area contributed by atoms with Crippen molar-refractivity contribution in [3.8, 4) is 11.5 Å². The van der Waals surface area contributed by atoms with Crippen LogP contribution in [0.25, 0.3) is 0 Å². The van der Waals surface area contributed by atoms with Gasteiger partial charge in [-0.1, -0.05) is 35.9 Å². The van der Waals surface area contributed by atoms with Crippen LogP contribution in [-0.4, -0.2) is 32.6 Å². The smallest absolute Gasteiger partial charge is 0.227 e. The average Bonchev–Trinajstić information content (AvgIpc) is 3.07. The van der Waals surface area contributed by atoms with Crippen LogP contribution in [0.3, 0.4) is 0 Å². The fourth-order valence-corrected chi connectivity index (χ4v) is 3.44. The minimum absolute atomic E-state index is 0.109. The van der Waals surface area contributed by atoms with Crippen molar-refractivity contribution in [3.63, 3.8) is 0 Å². The lowest BCUT2D eigenvalue weighted by Gasteiger charge is -2.18. The molecule has 1 aliphatic rings. The normalized spacial score (nSPS) is 16.3. The maximum absolute atomic E-state index is 12.6. The number of ether oxygens (including phenoxy) is 2. The van der Waals surface area contributed by atoms with Gasteiger partial charge in [0.1, 0.15) is 0 Å². The molecule has 1 atom stereocenters. The lowest BCUT2D eigenvalue weighted by Crippen LogP contribution is -2.32. The molecule has 2 aromatic carbocycles. The maximum atomic E-state index is 12.6. The van der Waals surface area contributed by atoms with Gasteiger partial charge in [0.25, 0.3) is 0 Å². The first-order chi connectivity index (χ1) is 13.0. The molecule has 7 heteroatoms. The monoisotopic (exact) mass is 388 g/mol. The third-order valence-corrected chi connectivity index (χ3v) is 4.90. The van der Waals surface area contributed by atoms with E-state index in [-0.39, 0.29) is 24.8 Å². The molecule has 1 aliphatic heterocycles. The van der Waals surface area contributed by atoms with Gasteiger partial charge in [0.2, 0.25) is 11.8 Å². The molecule has 2 amide bonds. The van der Waals surface area contributed by atoms with Crippen molar-refractivity contribution >= 4 is 29.1 Å². The second-order valence-electron chi connectivity index (χ2n) is 6.23. The number of nitrogens with one attached hydrogen (secondary N) is 1. The van der Waals surface area contributed by atoms with Crippen LogP contribution in [0, 0.1) is 5.92 Å². The number of anilines is 1. The SMILES string of the molecule is COc1cccc(CNC(=O)C2CC(=O)N(c3ccccc3Cl)C2)c1OC. The van der Waals surface area contributed by atoms with Gasteiger partial charge in [0.05, 0.1) is 30.8 Å². The number of rotatable bonds is 6. The largest absolute Gasteiger partial charge is 0.493 e.